The summed E-state index contributed by atoms with van der Waals surface area (Å²) in [6.45, 7) is 2.63. The second-order valence-electron chi connectivity index (χ2n) is 5.41. The Morgan fingerprint density at radius 3 is 2.81 bits per heavy atom. The number of piperidine rings is 1. The Labute approximate surface area is 130 Å². The van der Waals surface area contributed by atoms with E-state index >= 15 is 0 Å². The first kappa shape index (κ1) is 16.0. The first-order chi connectivity index (χ1) is 10.0. The molecule has 4 nitrogen and oxygen atoms in total. The van der Waals surface area contributed by atoms with E-state index < -0.39 is 0 Å². The maximum Gasteiger partial charge on any atom is 0.237 e. The van der Waals surface area contributed by atoms with Crippen molar-refractivity contribution in [2.75, 3.05) is 13.6 Å². The van der Waals surface area contributed by atoms with Gasteiger partial charge in [0.15, 0.2) is 5.78 Å². The lowest BCUT2D eigenvalue weighted by Gasteiger charge is -2.38. The summed E-state index contributed by atoms with van der Waals surface area (Å²) in [5.41, 5.74) is 0.594. The third kappa shape index (κ3) is 3.63. The van der Waals surface area contributed by atoms with Gasteiger partial charge in [0.05, 0.1) is 12.1 Å². The third-order valence-electron chi connectivity index (χ3n) is 4.08. The number of halogens is 1. The average Bonchev–Trinajstić information content (AvgIpc) is 2.52. The van der Waals surface area contributed by atoms with E-state index in [1.54, 1.807) is 31.3 Å². The van der Waals surface area contributed by atoms with Crippen LogP contribution in [0.25, 0.3) is 0 Å². The zero-order chi connectivity index (χ0) is 15.4. The maximum absolute atomic E-state index is 12.6. The maximum atomic E-state index is 12.6. The molecule has 5 heteroatoms. The summed E-state index contributed by atoms with van der Waals surface area (Å²) in [7, 11) is 1.64. The van der Waals surface area contributed by atoms with E-state index in [2.05, 4.69) is 5.32 Å². The van der Waals surface area contributed by atoms with E-state index in [9.17, 15) is 9.59 Å². The van der Waals surface area contributed by atoms with Crippen LogP contribution in [-0.4, -0.2) is 42.3 Å². The predicted octanol–water partition coefficient (Wildman–Crippen LogP) is 2.51. The number of hydrogen-bond donors (Lipinski definition) is 1. The molecule has 0 radical (unpaired) electrons. The molecule has 21 heavy (non-hydrogen) atoms. The number of Topliss-reactive ketones (excluding diaryl/α,β-unsaturated/α-hetero) is 1. The first-order valence-corrected chi connectivity index (χ1v) is 7.69. The van der Waals surface area contributed by atoms with Crippen LogP contribution in [-0.2, 0) is 4.79 Å². The van der Waals surface area contributed by atoms with Crippen LogP contribution in [0.5, 0.6) is 0 Å². The molecule has 0 aliphatic carbocycles. The van der Waals surface area contributed by atoms with Gasteiger partial charge in [-0.25, -0.2) is 0 Å². The van der Waals surface area contributed by atoms with Gasteiger partial charge >= 0.3 is 0 Å². The number of benzene rings is 1. The van der Waals surface area contributed by atoms with Crippen molar-refractivity contribution in [3.8, 4) is 0 Å². The third-order valence-corrected chi connectivity index (χ3v) is 4.31. The number of nitrogens with one attached hydrogen (secondary N) is 1. The van der Waals surface area contributed by atoms with Crippen molar-refractivity contribution in [2.24, 2.45) is 0 Å². The minimum atomic E-state index is -0.328. The highest BCUT2D eigenvalue weighted by Crippen LogP contribution is 2.22. The van der Waals surface area contributed by atoms with Crippen molar-refractivity contribution >= 4 is 23.3 Å². The molecule has 1 aromatic rings. The lowest BCUT2D eigenvalue weighted by atomic mass is 9.96. The summed E-state index contributed by atoms with van der Waals surface area (Å²) in [4.78, 5) is 26.6. The molecule has 1 aliphatic rings. The number of ketones is 1. The fraction of sp³-hybridized carbons (Fsp3) is 0.500. The number of carbonyl (C=O) groups is 2. The van der Waals surface area contributed by atoms with E-state index in [-0.39, 0.29) is 23.8 Å². The molecule has 0 spiro atoms. The van der Waals surface area contributed by atoms with Gasteiger partial charge in [0.2, 0.25) is 5.91 Å². The molecule has 2 atom stereocenters. The van der Waals surface area contributed by atoms with Crippen LogP contribution in [0.4, 0.5) is 0 Å². The van der Waals surface area contributed by atoms with Gasteiger partial charge in [-0.05, 0) is 38.4 Å². The topological polar surface area (TPSA) is 49.4 Å². The molecule has 1 N–H and O–H groups in total. The second-order valence-corrected chi connectivity index (χ2v) is 5.85. The van der Waals surface area contributed by atoms with Crippen molar-refractivity contribution in [3.63, 3.8) is 0 Å². The Morgan fingerprint density at radius 1 is 1.38 bits per heavy atom. The second kappa shape index (κ2) is 7.05. The SMILES string of the molecule is CNC(=O)C1CCCCN1C(C)C(=O)c1cccc(Cl)c1. The van der Waals surface area contributed by atoms with E-state index in [1.807, 2.05) is 11.8 Å². The zero-order valence-corrected chi connectivity index (χ0v) is 13.2. The molecule has 1 saturated heterocycles. The summed E-state index contributed by atoms with van der Waals surface area (Å²) >= 11 is 5.95. The zero-order valence-electron chi connectivity index (χ0n) is 12.4. The van der Waals surface area contributed by atoms with E-state index in [1.165, 1.54) is 0 Å². The van der Waals surface area contributed by atoms with Crippen LogP contribution in [0, 0.1) is 0 Å². The summed E-state index contributed by atoms with van der Waals surface area (Å²) in [5.74, 6) is -0.00579. The smallest absolute Gasteiger partial charge is 0.237 e. The van der Waals surface area contributed by atoms with E-state index in [4.69, 9.17) is 11.6 Å². The number of hydrogen-bond acceptors (Lipinski definition) is 3. The molecular formula is C16H21ClN2O2. The quantitative estimate of drug-likeness (QED) is 0.870. The van der Waals surface area contributed by atoms with Crippen molar-refractivity contribution < 1.29 is 9.59 Å². The minimum absolute atomic E-state index is 0.00769. The molecule has 1 amide bonds. The van der Waals surface area contributed by atoms with Crippen LogP contribution in [0.2, 0.25) is 5.02 Å². The molecule has 2 unspecified atom stereocenters. The normalized spacial score (nSPS) is 20.8. The highest BCUT2D eigenvalue weighted by atomic mass is 35.5. The molecule has 1 fully saturated rings. The largest absolute Gasteiger partial charge is 0.358 e. The van der Waals surface area contributed by atoms with Gasteiger partial charge in [-0.1, -0.05) is 30.2 Å². The monoisotopic (exact) mass is 308 g/mol. The molecule has 0 bridgehead atoms. The van der Waals surface area contributed by atoms with Crippen molar-refractivity contribution in [3.05, 3.63) is 34.9 Å². The minimum Gasteiger partial charge on any atom is -0.358 e. The number of likely N-dealkylation sites (N-methyl/N-ethyl adjacent to an activating group) is 1. The van der Waals surface area contributed by atoms with Crippen molar-refractivity contribution in [1.29, 1.82) is 0 Å². The van der Waals surface area contributed by atoms with Gasteiger partial charge < -0.3 is 5.32 Å². The highest BCUT2D eigenvalue weighted by molar-refractivity contribution is 6.31. The van der Waals surface area contributed by atoms with Crippen LogP contribution in [0.15, 0.2) is 24.3 Å². The Morgan fingerprint density at radius 2 is 2.14 bits per heavy atom. The van der Waals surface area contributed by atoms with Crippen LogP contribution >= 0.6 is 11.6 Å². The van der Waals surface area contributed by atoms with Gasteiger partial charge in [0.25, 0.3) is 0 Å². The average molecular weight is 309 g/mol. The van der Waals surface area contributed by atoms with Gasteiger partial charge in [-0.3, -0.25) is 14.5 Å². The number of rotatable bonds is 4. The summed E-state index contributed by atoms with van der Waals surface area (Å²) in [6.07, 6.45) is 2.83. The summed E-state index contributed by atoms with van der Waals surface area (Å²) in [6, 6.07) is 6.42. The number of carbonyl (C=O) groups excluding carboxylic acids is 2. The van der Waals surface area contributed by atoms with Crippen LogP contribution < -0.4 is 5.32 Å². The summed E-state index contributed by atoms with van der Waals surface area (Å²) in [5, 5.41) is 3.24. The Kier molecular flexibility index (Phi) is 5.37. The number of likely N-dealkylation sites (tertiary alicyclic amines) is 1. The van der Waals surface area contributed by atoms with Gasteiger partial charge in [-0.15, -0.1) is 0 Å². The fourth-order valence-corrected chi connectivity index (χ4v) is 3.09. The Balaban J connectivity index is 2.18. The molecule has 114 valence electrons. The first-order valence-electron chi connectivity index (χ1n) is 7.31. The molecule has 1 aliphatic heterocycles. The van der Waals surface area contributed by atoms with Crippen LogP contribution in [0.3, 0.4) is 0 Å². The number of amides is 1. The molecule has 2 rings (SSSR count). The summed E-state index contributed by atoms with van der Waals surface area (Å²) < 4.78 is 0. The standard InChI is InChI=1S/C16H21ClN2O2/c1-11(15(20)12-6-5-7-13(17)10-12)19-9-4-3-8-14(19)16(21)18-2/h5-7,10-11,14H,3-4,8-9H2,1-2H3,(H,18,21). The molecule has 0 saturated carbocycles. The predicted molar refractivity (Wildman–Crippen MR) is 83.7 cm³/mol. The van der Waals surface area contributed by atoms with Gasteiger partial charge in [0.1, 0.15) is 0 Å². The molecule has 0 aromatic heterocycles. The van der Waals surface area contributed by atoms with Gasteiger partial charge in [-0.2, -0.15) is 0 Å². The molecule has 1 heterocycles. The van der Waals surface area contributed by atoms with Crippen LogP contribution in [0.1, 0.15) is 36.5 Å². The van der Waals surface area contributed by atoms with Gasteiger partial charge in [0, 0.05) is 17.6 Å². The number of nitrogens with zero attached hydrogens (tertiary/aromatic N) is 1. The highest BCUT2D eigenvalue weighted by Gasteiger charge is 2.34. The molecular weight excluding hydrogens is 288 g/mol. The Hall–Kier alpha value is -1.39. The fourth-order valence-electron chi connectivity index (χ4n) is 2.90. The van der Waals surface area contributed by atoms with E-state index in [0.717, 1.165) is 25.8 Å². The Bertz CT molecular complexity index is 533. The van der Waals surface area contributed by atoms with E-state index in [0.29, 0.717) is 10.6 Å². The van der Waals surface area contributed by atoms with Crippen molar-refractivity contribution in [1.82, 2.24) is 10.2 Å². The molecule has 1 aromatic carbocycles. The lowest BCUT2D eigenvalue weighted by molar-refractivity contribution is -0.127. The lowest BCUT2D eigenvalue weighted by Crippen LogP contribution is -2.54. The van der Waals surface area contributed by atoms with Crippen molar-refractivity contribution in [2.45, 2.75) is 38.3 Å².